The van der Waals surface area contributed by atoms with E-state index in [4.69, 9.17) is 31.4 Å². The van der Waals surface area contributed by atoms with Gasteiger partial charge in [-0.15, -0.1) is 0 Å². The first kappa shape index (κ1) is 24.4. The number of thioether (sulfide) groups is 1. The number of hydrogen-bond acceptors (Lipinski definition) is 9. The largest absolute Gasteiger partial charge is 0.382 e. The normalized spacial score (nSPS) is 21.2. The minimum atomic E-state index is -0.535. The van der Waals surface area contributed by atoms with Crippen LogP contribution in [-0.4, -0.2) is 76.4 Å². The van der Waals surface area contributed by atoms with Crippen molar-refractivity contribution in [3.8, 4) is 0 Å². The quantitative estimate of drug-likeness (QED) is 0.313. The molecule has 1 spiro atoms. The van der Waals surface area contributed by atoms with Gasteiger partial charge in [-0.1, -0.05) is 30.0 Å². The fourth-order valence-electron chi connectivity index (χ4n) is 4.60. The zero-order valence-electron chi connectivity index (χ0n) is 19.6. The molecule has 0 radical (unpaired) electrons. The smallest absolute Gasteiger partial charge is 0.267 e. The highest BCUT2D eigenvalue weighted by molar-refractivity contribution is 8.26. The number of piperidine rings is 1. The SMILES string of the molecule is CCOCCCN1C(=O)/C(=C\c2c(N3CCC4(CC3)OCCO4)nc3ccccn3c2=O)SC1=S. The van der Waals surface area contributed by atoms with Gasteiger partial charge in [-0.3, -0.25) is 18.9 Å². The van der Waals surface area contributed by atoms with Crippen molar-refractivity contribution in [1.29, 1.82) is 0 Å². The molecule has 2 aromatic heterocycles. The second kappa shape index (κ2) is 10.4. The minimum absolute atomic E-state index is 0.189. The van der Waals surface area contributed by atoms with Gasteiger partial charge in [-0.05, 0) is 31.6 Å². The van der Waals surface area contributed by atoms with Gasteiger partial charge in [0.15, 0.2) is 5.79 Å². The molecule has 3 fully saturated rings. The van der Waals surface area contributed by atoms with E-state index in [1.807, 2.05) is 13.0 Å². The predicted octanol–water partition coefficient (Wildman–Crippen LogP) is 2.67. The van der Waals surface area contributed by atoms with E-state index >= 15 is 0 Å². The second-order valence-corrected chi connectivity index (χ2v) is 10.2. The molecule has 0 unspecified atom stereocenters. The Morgan fingerprint density at radius 3 is 2.74 bits per heavy atom. The van der Waals surface area contributed by atoms with Crippen LogP contribution in [0.1, 0.15) is 31.7 Å². The van der Waals surface area contributed by atoms with E-state index in [0.717, 1.165) is 0 Å². The van der Waals surface area contributed by atoms with E-state index < -0.39 is 5.79 Å². The summed E-state index contributed by atoms with van der Waals surface area (Å²) in [5.74, 6) is -0.159. The van der Waals surface area contributed by atoms with Crippen LogP contribution in [0.3, 0.4) is 0 Å². The molecular formula is C24H28N4O5S2. The molecule has 186 valence electrons. The Morgan fingerprint density at radius 1 is 1.23 bits per heavy atom. The molecule has 9 nitrogen and oxygen atoms in total. The van der Waals surface area contributed by atoms with Gasteiger partial charge in [0.1, 0.15) is 15.8 Å². The Bertz CT molecular complexity index is 1210. The Balaban J connectivity index is 1.47. The monoisotopic (exact) mass is 516 g/mol. The number of amides is 1. The highest BCUT2D eigenvalue weighted by Crippen LogP contribution is 2.36. The third-order valence-corrected chi connectivity index (χ3v) is 7.79. The summed E-state index contributed by atoms with van der Waals surface area (Å²) in [6.07, 6.45) is 5.40. The number of hydrogen-bond donors (Lipinski definition) is 0. The van der Waals surface area contributed by atoms with Crippen molar-refractivity contribution in [2.75, 3.05) is 51.0 Å². The number of fused-ring (bicyclic) bond motifs is 1. The van der Waals surface area contributed by atoms with Gasteiger partial charge in [0.2, 0.25) is 0 Å². The van der Waals surface area contributed by atoms with E-state index in [2.05, 4.69) is 4.90 Å². The maximum atomic E-state index is 13.6. The molecule has 3 aliphatic rings. The van der Waals surface area contributed by atoms with Gasteiger partial charge < -0.3 is 19.1 Å². The van der Waals surface area contributed by atoms with Crippen molar-refractivity contribution in [3.63, 3.8) is 0 Å². The first-order chi connectivity index (χ1) is 17.0. The molecular weight excluding hydrogens is 488 g/mol. The zero-order chi connectivity index (χ0) is 24.4. The van der Waals surface area contributed by atoms with Crippen LogP contribution in [-0.2, 0) is 19.0 Å². The zero-order valence-corrected chi connectivity index (χ0v) is 21.2. The maximum absolute atomic E-state index is 13.6. The molecule has 11 heteroatoms. The van der Waals surface area contributed by atoms with Crippen LogP contribution >= 0.6 is 24.0 Å². The molecule has 3 aliphatic heterocycles. The predicted molar refractivity (Wildman–Crippen MR) is 139 cm³/mol. The van der Waals surface area contributed by atoms with Gasteiger partial charge in [-0.25, -0.2) is 4.98 Å². The fraction of sp³-hybridized carbons (Fsp3) is 0.500. The van der Waals surface area contributed by atoms with Gasteiger partial charge in [-0.2, -0.15) is 0 Å². The van der Waals surface area contributed by atoms with Crippen molar-refractivity contribution in [1.82, 2.24) is 14.3 Å². The number of carbonyl (C=O) groups excluding carboxylic acids is 1. The molecule has 5 heterocycles. The molecule has 0 aliphatic carbocycles. The summed E-state index contributed by atoms with van der Waals surface area (Å²) in [5.41, 5.74) is 0.718. The number of anilines is 1. The third-order valence-electron chi connectivity index (χ3n) is 6.41. The molecule has 0 aromatic carbocycles. The average molecular weight is 517 g/mol. The first-order valence-electron chi connectivity index (χ1n) is 11.9. The molecule has 0 bridgehead atoms. The van der Waals surface area contributed by atoms with E-state index in [1.165, 1.54) is 16.2 Å². The highest BCUT2D eigenvalue weighted by atomic mass is 32.2. The van der Waals surface area contributed by atoms with Gasteiger partial charge in [0.05, 0.1) is 23.7 Å². The lowest BCUT2D eigenvalue weighted by molar-refractivity contribution is -0.169. The topological polar surface area (TPSA) is 85.6 Å². The molecule has 0 atom stereocenters. The summed E-state index contributed by atoms with van der Waals surface area (Å²) >= 11 is 6.68. The Hall–Kier alpha value is -2.31. The summed E-state index contributed by atoms with van der Waals surface area (Å²) in [4.78, 5) is 35.6. The number of ether oxygens (including phenoxy) is 3. The summed E-state index contributed by atoms with van der Waals surface area (Å²) in [6, 6.07) is 5.45. The summed E-state index contributed by atoms with van der Waals surface area (Å²) < 4.78 is 19.1. The summed E-state index contributed by atoms with van der Waals surface area (Å²) in [6.45, 7) is 6.10. The lowest BCUT2D eigenvalue weighted by Crippen LogP contribution is -2.46. The molecule has 0 N–H and O–H groups in total. The third kappa shape index (κ3) is 4.88. The van der Waals surface area contributed by atoms with Crippen molar-refractivity contribution in [2.45, 2.75) is 32.0 Å². The minimum Gasteiger partial charge on any atom is -0.382 e. The van der Waals surface area contributed by atoms with Crippen molar-refractivity contribution >= 4 is 51.7 Å². The molecule has 2 aromatic rings. The lowest BCUT2D eigenvalue weighted by atomic mass is 10.0. The Labute approximate surface area is 213 Å². The standard InChI is InChI=1S/C24H28N4O5S2/c1-2-31-13-5-10-28-22(30)18(35-23(28)34)16-17-20(25-19-6-3-4-9-27(19)21(17)29)26-11-7-24(8-12-26)32-14-15-33-24/h3-4,6,9,16H,2,5,7-8,10-15H2,1H3/b18-16+. The van der Waals surface area contributed by atoms with Gasteiger partial charge >= 0.3 is 0 Å². The summed E-state index contributed by atoms with van der Waals surface area (Å²) in [5, 5.41) is 0. The number of nitrogens with zero attached hydrogens (tertiary/aromatic N) is 4. The fourth-order valence-corrected chi connectivity index (χ4v) is 5.89. The Morgan fingerprint density at radius 2 is 2.00 bits per heavy atom. The first-order valence-corrected chi connectivity index (χ1v) is 13.1. The van der Waals surface area contributed by atoms with Crippen molar-refractivity contribution in [3.05, 3.63) is 45.2 Å². The van der Waals surface area contributed by atoms with E-state index in [9.17, 15) is 9.59 Å². The average Bonchev–Trinajstić information content (AvgIpc) is 3.43. The number of carbonyl (C=O) groups is 1. The van der Waals surface area contributed by atoms with Crippen LogP contribution in [0.15, 0.2) is 34.1 Å². The van der Waals surface area contributed by atoms with E-state index in [0.29, 0.717) is 91.6 Å². The molecule has 3 saturated heterocycles. The number of thiocarbonyl (C=S) groups is 1. The van der Waals surface area contributed by atoms with E-state index in [1.54, 1.807) is 29.3 Å². The molecule has 5 rings (SSSR count). The lowest BCUT2D eigenvalue weighted by Gasteiger charge is -2.38. The van der Waals surface area contributed by atoms with Gasteiger partial charge in [0.25, 0.3) is 11.5 Å². The van der Waals surface area contributed by atoms with Crippen LogP contribution < -0.4 is 10.5 Å². The molecule has 1 amide bonds. The number of aromatic nitrogens is 2. The van der Waals surface area contributed by atoms with Gasteiger partial charge in [0, 0.05) is 51.9 Å². The van der Waals surface area contributed by atoms with Crippen LogP contribution in [0.5, 0.6) is 0 Å². The van der Waals surface area contributed by atoms with Crippen LogP contribution in [0.25, 0.3) is 11.7 Å². The van der Waals surface area contributed by atoms with Crippen molar-refractivity contribution in [2.24, 2.45) is 0 Å². The summed E-state index contributed by atoms with van der Waals surface area (Å²) in [7, 11) is 0. The van der Waals surface area contributed by atoms with Crippen LogP contribution in [0, 0.1) is 0 Å². The number of rotatable bonds is 7. The van der Waals surface area contributed by atoms with Crippen LogP contribution in [0.4, 0.5) is 5.82 Å². The maximum Gasteiger partial charge on any atom is 0.267 e. The van der Waals surface area contributed by atoms with Crippen LogP contribution in [0.2, 0.25) is 0 Å². The highest BCUT2D eigenvalue weighted by Gasteiger charge is 2.41. The number of pyridine rings is 1. The van der Waals surface area contributed by atoms with E-state index in [-0.39, 0.29) is 11.5 Å². The van der Waals surface area contributed by atoms with Crippen molar-refractivity contribution < 1.29 is 19.0 Å². The molecule has 35 heavy (non-hydrogen) atoms. The Kier molecular flexibility index (Phi) is 7.21. The molecule has 0 saturated carbocycles. The second-order valence-electron chi connectivity index (χ2n) is 8.56.